The minimum Gasteiger partial charge on any atom is -0.373 e. The summed E-state index contributed by atoms with van der Waals surface area (Å²) in [5.41, 5.74) is 5.60. The summed E-state index contributed by atoms with van der Waals surface area (Å²) in [5.74, 6) is 0.960. The standard InChI is InChI=1S/C34H43NO3S/c1-25-15-18-28(19-16-25)39(36,37)35-23-10-24-38-32(27-12-6-5-7-13-27)30-21-22-34(4)29-14-9-8-11-26(29)17-20-31(34)33(30,2)3/h5-9,11-16,18-19,30-32,35H,10,17,20-24H2,1-4H3/t30-,31+,32+,34-/m1/s1. The Morgan fingerprint density at radius 1 is 0.923 bits per heavy atom. The summed E-state index contributed by atoms with van der Waals surface area (Å²) >= 11 is 0. The van der Waals surface area contributed by atoms with Crippen molar-refractivity contribution in [2.45, 2.75) is 76.2 Å². The van der Waals surface area contributed by atoms with Crippen molar-refractivity contribution in [2.75, 3.05) is 13.2 Å². The number of aryl methyl sites for hydroxylation is 2. The molecule has 0 aliphatic heterocycles. The number of hydrogen-bond acceptors (Lipinski definition) is 3. The summed E-state index contributed by atoms with van der Waals surface area (Å²) in [6.45, 7) is 10.2. The molecule has 5 heteroatoms. The quantitative estimate of drug-likeness (QED) is 0.286. The van der Waals surface area contributed by atoms with E-state index in [4.69, 9.17) is 4.74 Å². The van der Waals surface area contributed by atoms with Gasteiger partial charge in [-0.15, -0.1) is 0 Å². The van der Waals surface area contributed by atoms with E-state index in [-0.39, 0.29) is 16.9 Å². The molecule has 2 aliphatic rings. The summed E-state index contributed by atoms with van der Waals surface area (Å²) in [4.78, 5) is 0.303. The molecule has 0 heterocycles. The Hall–Kier alpha value is -2.47. The highest BCUT2D eigenvalue weighted by Gasteiger charge is 2.55. The van der Waals surface area contributed by atoms with Crippen molar-refractivity contribution in [2.24, 2.45) is 17.3 Å². The fourth-order valence-electron chi connectivity index (χ4n) is 7.61. The van der Waals surface area contributed by atoms with Crippen LogP contribution in [0.5, 0.6) is 0 Å². The van der Waals surface area contributed by atoms with Crippen molar-refractivity contribution in [1.29, 1.82) is 0 Å². The first-order chi connectivity index (χ1) is 18.6. The van der Waals surface area contributed by atoms with Crippen molar-refractivity contribution in [3.05, 3.63) is 101 Å². The zero-order valence-corrected chi connectivity index (χ0v) is 24.6. The molecule has 4 atom stereocenters. The number of rotatable bonds is 9. The van der Waals surface area contributed by atoms with Crippen molar-refractivity contribution in [3.63, 3.8) is 0 Å². The van der Waals surface area contributed by atoms with Crippen LogP contribution in [0.4, 0.5) is 0 Å². The zero-order chi connectivity index (χ0) is 27.7. The molecule has 208 valence electrons. The van der Waals surface area contributed by atoms with Gasteiger partial charge in [0, 0.05) is 13.2 Å². The molecule has 0 amide bonds. The number of nitrogens with one attached hydrogen (secondary N) is 1. The average molecular weight is 546 g/mol. The maximum atomic E-state index is 12.7. The molecule has 4 nitrogen and oxygen atoms in total. The van der Waals surface area contributed by atoms with E-state index in [2.05, 4.69) is 80.1 Å². The molecular weight excluding hydrogens is 502 g/mol. The molecule has 1 fully saturated rings. The number of ether oxygens (including phenoxy) is 1. The highest BCUT2D eigenvalue weighted by molar-refractivity contribution is 7.89. The predicted molar refractivity (Wildman–Crippen MR) is 158 cm³/mol. The van der Waals surface area contributed by atoms with Crippen LogP contribution in [-0.2, 0) is 26.6 Å². The van der Waals surface area contributed by atoms with Crippen LogP contribution in [0.25, 0.3) is 0 Å². The van der Waals surface area contributed by atoms with Gasteiger partial charge in [-0.05, 0) is 90.5 Å². The first-order valence-corrected chi connectivity index (χ1v) is 15.9. The molecule has 0 bridgehead atoms. The number of benzene rings is 3. The molecule has 3 aromatic rings. The molecule has 5 rings (SSSR count). The van der Waals surface area contributed by atoms with Gasteiger partial charge in [0.05, 0.1) is 11.0 Å². The first kappa shape index (κ1) is 28.1. The summed E-state index contributed by atoms with van der Waals surface area (Å²) in [7, 11) is -3.52. The predicted octanol–water partition coefficient (Wildman–Crippen LogP) is 7.38. The van der Waals surface area contributed by atoms with E-state index in [0.29, 0.717) is 36.3 Å². The number of fused-ring (bicyclic) bond motifs is 3. The van der Waals surface area contributed by atoms with E-state index in [1.54, 1.807) is 17.7 Å². The van der Waals surface area contributed by atoms with Crippen LogP contribution in [-0.4, -0.2) is 21.6 Å². The number of sulfonamides is 1. The van der Waals surface area contributed by atoms with Crippen molar-refractivity contribution in [1.82, 2.24) is 4.72 Å². The third-order valence-electron chi connectivity index (χ3n) is 9.67. The second-order valence-electron chi connectivity index (χ2n) is 12.4. The normalized spacial score (nSPS) is 24.9. The Balaban J connectivity index is 1.29. The van der Waals surface area contributed by atoms with Crippen LogP contribution in [0.1, 0.15) is 74.8 Å². The summed E-state index contributed by atoms with van der Waals surface area (Å²) in [5, 5.41) is 0. The van der Waals surface area contributed by atoms with E-state index in [1.165, 1.54) is 17.5 Å². The molecule has 0 spiro atoms. The second kappa shape index (κ2) is 11.2. The molecule has 1 saturated carbocycles. The van der Waals surface area contributed by atoms with E-state index in [0.717, 1.165) is 24.8 Å². The Labute approximate surface area is 235 Å². The van der Waals surface area contributed by atoms with E-state index in [1.807, 2.05) is 19.1 Å². The van der Waals surface area contributed by atoms with Gasteiger partial charge in [0.2, 0.25) is 10.0 Å². The van der Waals surface area contributed by atoms with Crippen molar-refractivity contribution >= 4 is 10.0 Å². The summed E-state index contributed by atoms with van der Waals surface area (Å²) in [6.07, 6.45) is 5.22. The van der Waals surface area contributed by atoms with Crippen LogP contribution in [0.3, 0.4) is 0 Å². The van der Waals surface area contributed by atoms with Gasteiger partial charge in [-0.25, -0.2) is 13.1 Å². The lowest BCUT2D eigenvalue weighted by Gasteiger charge is -2.59. The first-order valence-electron chi connectivity index (χ1n) is 14.4. The lowest BCUT2D eigenvalue weighted by molar-refractivity contribution is -0.0989. The number of hydrogen-bond donors (Lipinski definition) is 1. The molecule has 2 aliphatic carbocycles. The second-order valence-corrected chi connectivity index (χ2v) is 14.2. The molecule has 0 aromatic heterocycles. The van der Waals surface area contributed by atoms with Gasteiger partial charge in [-0.1, -0.05) is 93.1 Å². The lowest BCUT2D eigenvalue weighted by Crippen LogP contribution is -2.53. The van der Waals surface area contributed by atoms with Gasteiger partial charge in [-0.2, -0.15) is 0 Å². The molecular formula is C34H43NO3S. The third kappa shape index (κ3) is 5.59. The van der Waals surface area contributed by atoms with E-state index < -0.39 is 10.0 Å². The topological polar surface area (TPSA) is 55.4 Å². The van der Waals surface area contributed by atoms with Gasteiger partial charge < -0.3 is 4.74 Å². The van der Waals surface area contributed by atoms with Gasteiger partial charge in [0.1, 0.15) is 0 Å². The van der Waals surface area contributed by atoms with Crippen molar-refractivity contribution < 1.29 is 13.2 Å². The molecule has 39 heavy (non-hydrogen) atoms. The lowest BCUT2D eigenvalue weighted by atomic mass is 9.46. The van der Waals surface area contributed by atoms with Gasteiger partial charge in [0.15, 0.2) is 0 Å². The largest absolute Gasteiger partial charge is 0.373 e. The third-order valence-corrected chi connectivity index (χ3v) is 11.1. The molecule has 3 aromatic carbocycles. The minimum atomic E-state index is -3.52. The van der Waals surface area contributed by atoms with Crippen LogP contribution < -0.4 is 4.72 Å². The smallest absolute Gasteiger partial charge is 0.240 e. The minimum absolute atomic E-state index is 0.0170. The van der Waals surface area contributed by atoms with Crippen LogP contribution >= 0.6 is 0 Å². The van der Waals surface area contributed by atoms with Gasteiger partial charge in [0.25, 0.3) is 0 Å². The molecule has 1 N–H and O–H groups in total. The average Bonchev–Trinajstić information content (AvgIpc) is 2.92. The monoisotopic (exact) mass is 545 g/mol. The van der Waals surface area contributed by atoms with Crippen LogP contribution in [0.2, 0.25) is 0 Å². The Bertz CT molecular complexity index is 1370. The Kier molecular flexibility index (Phi) is 8.05. The molecule has 0 saturated heterocycles. The summed E-state index contributed by atoms with van der Waals surface area (Å²) in [6, 6.07) is 26.6. The maximum absolute atomic E-state index is 12.7. The molecule has 0 radical (unpaired) electrons. The fraction of sp³-hybridized carbons (Fsp3) is 0.471. The van der Waals surface area contributed by atoms with Crippen LogP contribution in [0.15, 0.2) is 83.8 Å². The highest BCUT2D eigenvalue weighted by Crippen LogP contribution is 2.61. The SMILES string of the molecule is Cc1ccc(S(=O)(=O)NCCCO[C@@H](c2ccccc2)[C@H]2CC[C@]3(C)c4ccccc4CC[C@H]3C2(C)C)cc1. The van der Waals surface area contributed by atoms with Crippen molar-refractivity contribution in [3.8, 4) is 0 Å². The van der Waals surface area contributed by atoms with Gasteiger partial charge >= 0.3 is 0 Å². The maximum Gasteiger partial charge on any atom is 0.240 e. The fourth-order valence-corrected chi connectivity index (χ4v) is 8.68. The Morgan fingerprint density at radius 3 is 2.36 bits per heavy atom. The van der Waals surface area contributed by atoms with Crippen LogP contribution in [0, 0.1) is 24.2 Å². The van der Waals surface area contributed by atoms with Gasteiger partial charge in [-0.3, -0.25) is 0 Å². The zero-order valence-electron chi connectivity index (χ0n) is 23.8. The van der Waals surface area contributed by atoms with E-state index in [9.17, 15) is 8.42 Å². The Morgan fingerprint density at radius 2 is 1.62 bits per heavy atom. The van der Waals surface area contributed by atoms with E-state index >= 15 is 0 Å². The molecule has 0 unspecified atom stereocenters. The highest BCUT2D eigenvalue weighted by atomic mass is 32.2. The summed E-state index contributed by atoms with van der Waals surface area (Å²) < 4.78 is 34.8.